The van der Waals surface area contributed by atoms with Crippen molar-refractivity contribution in [3.8, 4) is 5.75 Å². The minimum Gasteiger partial charge on any atom is -0.494 e. The van der Waals surface area contributed by atoms with E-state index in [0.29, 0.717) is 18.0 Å². The number of nitrogens with one attached hydrogen (secondary N) is 2. The average molecular weight is 398 g/mol. The second kappa shape index (κ2) is 8.48. The molecule has 0 aromatic heterocycles. The zero-order chi connectivity index (χ0) is 21.0. The Morgan fingerprint density at radius 1 is 1.17 bits per heavy atom. The van der Waals surface area contributed by atoms with Crippen LogP contribution < -0.4 is 20.5 Å². The third-order valence-electron chi connectivity index (χ3n) is 4.25. The second-order valence-electron chi connectivity index (χ2n) is 6.15. The van der Waals surface area contributed by atoms with E-state index in [1.165, 1.54) is 24.3 Å². The van der Waals surface area contributed by atoms with Crippen LogP contribution in [0.4, 0.5) is 11.4 Å². The highest BCUT2D eigenvalue weighted by Crippen LogP contribution is 2.25. The van der Waals surface area contributed by atoms with Gasteiger partial charge in [-0.25, -0.2) is 10.3 Å². The number of hydrogen-bond donors (Lipinski definition) is 2. The topological polar surface area (TPSA) is 131 Å². The number of rotatable bonds is 7. The largest absolute Gasteiger partial charge is 0.494 e. The van der Waals surface area contributed by atoms with Gasteiger partial charge in [-0.2, -0.15) is 0 Å². The molecule has 0 saturated carbocycles. The average Bonchev–Trinajstić information content (AvgIpc) is 3.00. The van der Waals surface area contributed by atoms with Crippen LogP contribution in [0.25, 0.3) is 0 Å². The molecule has 3 rings (SSSR count). The number of hydrogen-bond acceptors (Lipinski definition) is 7. The van der Waals surface area contributed by atoms with Gasteiger partial charge >= 0.3 is 0 Å². The van der Waals surface area contributed by atoms with Crippen molar-refractivity contribution in [2.75, 3.05) is 11.5 Å². The third-order valence-corrected chi connectivity index (χ3v) is 4.25. The lowest BCUT2D eigenvalue weighted by Gasteiger charge is -2.16. The number of ether oxygens (including phenoxy) is 1. The van der Waals surface area contributed by atoms with Gasteiger partial charge in [0, 0.05) is 17.7 Å². The van der Waals surface area contributed by atoms with Gasteiger partial charge in [-0.3, -0.25) is 29.9 Å². The molecule has 3 amide bonds. The Morgan fingerprint density at radius 3 is 2.41 bits per heavy atom. The molecule has 1 heterocycles. The van der Waals surface area contributed by atoms with Crippen molar-refractivity contribution >= 4 is 29.1 Å². The molecule has 1 unspecified atom stereocenters. The number of amides is 3. The summed E-state index contributed by atoms with van der Waals surface area (Å²) in [6.07, 6.45) is -0.118. The van der Waals surface area contributed by atoms with Gasteiger partial charge in [-0.1, -0.05) is 0 Å². The Balaban J connectivity index is 1.62. The highest BCUT2D eigenvalue weighted by molar-refractivity contribution is 6.22. The SMILES string of the molecule is CCOc1ccc(N2C(=O)CC(NNC(=O)c3ccc([N+](=O)[O-])cc3)C2=O)cc1. The van der Waals surface area contributed by atoms with Crippen LogP contribution in [0, 0.1) is 10.1 Å². The van der Waals surface area contributed by atoms with Crippen molar-refractivity contribution in [2.45, 2.75) is 19.4 Å². The highest BCUT2D eigenvalue weighted by atomic mass is 16.6. The molecule has 2 N–H and O–H groups in total. The van der Waals surface area contributed by atoms with E-state index < -0.39 is 28.7 Å². The van der Waals surface area contributed by atoms with E-state index in [2.05, 4.69) is 10.9 Å². The van der Waals surface area contributed by atoms with Gasteiger partial charge in [-0.15, -0.1) is 0 Å². The number of carbonyl (C=O) groups is 3. The highest BCUT2D eigenvalue weighted by Gasteiger charge is 2.39. The number of nitro benzene ring substituents is 1. The first kappa shape index (κ1) is 20.0. The fourth-order valence-corrected chi connectivity index (χ4v) is 2.83. The number of nitrogens with zero attached hydrogens (tertiary/aromatic N) is 2. The predicted octanol–water partition coefficient (Wildman–Crippen LogP) is 1.56. The number of benzene rings is 2. The standard InChI is InChI=1S/C19H18N4O6/c1-2-29-15-9-7-13(8-10-15)22-17(24)11-16(19(22)26)20-21-18(25)12-3-5-14(6-4-12)23(27)28/h3-10,16,20H,2,11H2,1H3,(H,21,25). The lowest BCUT2D eigenvalue weighted by atomic mass is 10.2. The van der Waals surface area contributed by atoms with Crippen LogP contribution >= 0.6 is 0 Å². The van der Waals surface area contributed by atoms with Crippen LogP contribution in [0.2, 0.25) is 0 Å². The van der Waals surface area contributed by atoms with Gasteiger partial charge in [0.2, 0.25) is 5.91 Å². The van der Waals surface area contributed by atoms with Crippen LogP contribution in [0.15, 0.2) is 48.5 Å². The van der Waals surface area contributed by atoms with Crippen molar-refractivity contribution < 1.29 is 24.0 Å². The Labute approximate surface area is 165 Å². The maximum atomic E-state index is 12.6. The molecule has 10 heteroatoms. The summed E-state index contributed by atoms with van der Waals surface area (Å²) in [6.45, 7) is 2.35. The summed E-state index contributed by atoms with van der Waals surface area (Å²) in [5.41, 5.74) is 5.36. The van der Waals surface area contributed by atoms with E-state index in [1.807, 2.05) is 6.92 Å². The van der Waals surface area contributed by atoms with Gasteiger partial charge in [-0.05, 0) is 43.3 Å². The number of hydrazine groups is 1. The van der Waals surface area contributed by atoms with E-state index in [4.69, 9.17) is 4.74 Å². The van der Waals surface area contributed by atoms with E-state index in [0.717, 1.165) is 4.90 Å². The van der Waals surface area contributed by atoms with Crippen LogP contribution in [0.5, 0.6) is 5.75 Å². The molecule has 29 heavy (non-hydrogen) atoms. The smallest absolute Gasteiger partial charge is 0.269 e. The van der Waals surface area contributed by atoms with Crippen LogP contribution in [0.1, 0.15) is 23.7 Å². The molecular formula is C19H18N4O6. The third kappa shape index (κ3) is 4.38. The van der Waals surface area contributed by atoms with Gasteiger partial charge in [0.1, 0.15) is 11.8 Å². The molecule has 0 radical (unpaired) electrons. The van der Waals surface area contributed by atoms with E-state index in [9.17, 15) is 24.5 Å². The zero-order valence-corrected chi connectivity index (χ0v) is 15.5. The van der Waals surface area contributed by atoms with Crippen molar-refractivity contribution in [2.24, 2.45) is 0 Å². The Hall–Kier alpha value is -3.79. The second-order valence-corrected chi connectivity index (χ2v) is 6.15. The summed E-state index contributed by atoms with van der Waals surface area (Å²) < 4.78 is 5.34. The normalized spacial score (nSPS) is 16.0. The van der Waals surface area contributed by atoms with Crippen molar-refractivity contribution in [1.29, 1.82) is 0 Å². The summed E-state index contributed by atoms with van der Waals surface area (Å²) in [4.78, 5) is 48.1. The van der Waals surface area contributed by atoms with E-state index >= 15 is 0 Å². The monoisotopic (exact) mass is 398 g/mol. The number of anilines is 1. The molecule has 2 aromatic carbocycles. The molecule has 1 atom stereocenters. The number of carbonyl (C=O) groups excluding carboxylic acids is 3. The predicted molar refractivity (Wildman–Crippen MR) is 102 cm³/mol. The molecule has 10 nitrogen and oxygen atoms in total. The Bertz CT molecular complexity index is 942. The maximum Gasteiger partial charge on any atom is 0.269 e. The summed E-state index contributed by atoms with van der Waals surface area (Å²) in [6, 6.07) is 10.6. The van der Waals surface area contributed by atoms with Crippen molar-refractivity contribution in [3.63, 3.8) is 0 Å². The summed E-state index contributed by atoms with van der Waals surface area (Å²) in [7, 11) is 0. The molecule has 2 aromatic rings. The van der Waals surface area contributed by atoms with Crippen LogP contribution in [0.3, 0.4) is 0 Å². The molecule has 1 saturated heterocycles. The first-order valence-electron chi connectivity index (χ1n) is 8.80. The maximum absolute atomic E-state index is 12.6. The first-order chi connectivity index (χ1) is 13.9. The fraction of sp³-hybridized carbons (Fsp3) is 0.211. The Kier molecular flexibility index (Phi) is 5.84. The molecule has 150 valence electrons. The van der Waals surface area contributed by atoms with Gasteiger partial charge in [0.15, 0.2) is 0 Å². The number of imide groups is 1. The van der Waals surface area contributed by atoms with Gasteiger partial charge in [0.05, 0.1) is 23.6 Å². The number of nitro groups is 1. The fourth-order valence-electron chi connectivity index (χ4n) is 2.83. The minimum absolute atomic E-state index is 0.118. The lowest BCUT2D eigenvalue weighted by Crippen LogP contribution is -2.48. The molecule has 1 aliphatic rings. The number of non-ortho nitro benzene ring substituents is 1. The summed E-state index contributed by atoms with van der Waals surface area (Å²) in [5, 5.41) is 10.7. The van der Waals surface area contributed by atoms with Crippen molar-refractivity contribution in [1.82, 2.24) is 10.9 Å². The molecular weight excluding hydrogens is 380 g/mol. The van der Waals surface area contributed by atoms with Gasteiger partial charge < -0.3 is 4.74 Å². The van der Waals surface area contributed by atoms with Gasteiger partial charge in [0.25, 0.3) is 17.5 Å². The van der Waals surface area contributed by atoms with Crippen LogP contribution in [-0.4, -0.2) is 35.3 Å². The molecule has 0 spiro atoms. The van der Waals surface area contributed by atoms with E-state index in [1.54, 1.807) is 24.3 Å². The van der Waals surface area contributed by atoms with Crippen molar-refractivity contribution in [3.05, 3.63) is 64.2 Å². The van der Waals surface area contributed by atoms with E-state index in [-0.39, 0.29) is 17.7 Å². The zero-order valence-electron chi connectivity index (χ0n) is 15.5. The Morgan fingerprint density at radius 2 is 1.83 bits per heavy atom. The summed E-state index contributed by atoms with van der Waals surface area (Å²) >= 11 is 0. The molecule has 0 aliphatic carbocycles. The quantitative estimate of drug-likeness (QED) is 0.411. The first-order valence-corrected chi connectivity index (χ1v) is 8.80. The van der Waals surface area contributed by atoms with Crippen LogP contribution in [-0.2, 0) is 9.59 Å². The summed E-state index contributed by atoms with van der Waals surface area (Å²) in [5.74, 6) is -0.857. The lowest BCUT2D eigenvalue weighted by molar-refractivity contribution is -0.384. The molecule has 1 aliphatic heterocycles. The minimum atomic E-state index is -0.920. The molecule has 0 bridgehead atoms. The molecule has 1 fully saturated rings.